The molecule has 0 amide bonds. The van der Waals surface area contributed by atoms with Crippen molar-refractivity contribution in [1.29, 1.82) is 0 Å². The number of carboxylic acids is 2. The molecule has 4 aromatic carbocycles. The quantitative estimate of drug-likeness (QED) is 0.196. The fourth-order valence-corrected chi connectivity index (χ4v) is 4.57. The minimum Gasteiger partial charge on any atom is -0.478 e. The van der Waals surface area contributed by atoms with Crippen molar-refractivity contribution in [1.82, 2.24) is 0 Å². The molecule has 0 saturated heterocycles. The summed E-state index contributed by atoms with van der Waals surface area (Å²) < 4.78 is 1.94. The summed E-state index contributed by atoms with van der Waals surface area (Å²) in [5, 5.41) is 21.6. The first-order valence-electron chi connectivity index (χ1n) is 8.21. The van der Waals surface area contributed by atoms with Crippen LogP contribution >= 0.6 is 45.2 Å². The molecule has 4 aromatic rings. The van der Waals surface area contributed by atoms with E-state index in [0.717, 1.165) is 28.7 Å². The molecule has 0 unspecified atom stereocenters. The maximum absolute atomic E-state index is 11.0. The maximum Gasteiger partial charge on any atom is 0.336 e. The number of benzene rings is 4. The van der Waals surface area contributed by atoms with Gasteiger partial charge in [0.05, 0.1) is 11.1 Å². The molecule has 4 rings (SSSR count). The summed E-state index contributed by atoms with van der Waals surface area (Å²) in [7, 11) is 0. The Balaban J connectivity index is 0.000000200. The van der Waals surface area contributed by atoms with E-state index < -0.39 is 11.9 Å². The minimum atomic E-state index is -0.875. The minimum absolute atomic E-state index is 0. The Bertz CT molecular complexity index is 1100. The van der Waals surface area contributed by atoms with Crippen LogP contribution in [0.25, 0.3) is 21.5 Å². The molecule has 0 aliphatic rings. The predicted molar refractivity (Wildman–Crippen MR) is 127 cm³/mol. The summed E-state index contributed by atoms with van der Waals surface area (Å²) in [4.78, 5) is 21.9. The van der Waals surface area contributed by atoms with Gasteiger partial charge in [0.15, 0.2) is 0 Å². The molecule has 0 atom stereocenters. The van der Waals surface area contributed by atoms with E-state index >= 15 is 0 Å². The Kier molecular flexibility index (Phi) is 8.54. The van der Waals surface area contributed by atoms with Gasteiger partial charge in [-0.25, -0.2) is 9.59 Å². The maximum atomic E-state index is 11.0. The first kappa shape index (κ1) is 23.7. The van der Waals surface area contributed by atoms with E-state index in [1.54, 1.807) is 24.3 Å². The summed E-state index contributed by atoms with van der Waals surface area (Å²) in [6.07, 6.45) is 0. The average molecular weight is 662 g/mol. The van der Waals surface area contributed by atoms with Crippen molar-refractivity contribution >= 4 is 78.7 Å². The van der Waals surface area contributed by atoms with Gasteiger partial charge < -0.3 is 10.2 Å². The van der Waals surface area contributed by atoms with Crippen molar-refractivity contribution in [2.75, 3.05) is 0 Å². The van der Waals surface area contributed by atoms with Gasteiger partial charge in [0.1, 0.15) is 0 Å². The van der Waals surface area contributed by atoms with Gasteiger partial charge in [-0.2, -0.15) is 0 Å². The second kappa shape index (κ2) is 10.5. The van der Waals surface area contributed by atoms with Crippen LogP contribution in [0.1, 0.15) is 20.7 Å². The van der Waals surface area contributed by atoms with Crippen LogP contribution < -0.4 is 0 Å². The summed E-state index contributed by atoms with van der Waals surface area (Å²) in [6.45, 7) is 0. The second-order valence-corrected chi connectivity index (χ2v) is 8.22. The number of aromatic carboxylic acids is 2. The van der Waals surface area contributed by atoms with Crippen LogP contribution in [0.3, 0.4) is 0 Å². The number of rotatable bonds is 2. The van der Waals surface area contributed by atoms with Gasteiger partial charge in [0.25, 0.3) is 0 Å². The molecule has 7 heteroatoms. The van der Waals surface area contributed by atoms with Crippen LogP contribution in [-0.4, -0.2) is 22.2 Å². The van der Waals surface area contributed by atoms with E-state index in [-0.39, 0.29) is 19.5 Å². The Morgan fingerprint density at radius 3 is 1.21 bits per heavy atom. The van der Waals surface area contributed by atoms with E-state index in [1.165, 1.54) is 0 Å². The molecule has 4 nitrogen and oxygen atoms in total. The monoisotopic (exact) mass is 660 g/mol. The van der Waals surface area contributed by atoms with Gasteiger partial charge in [-0.15, -0.1) is 0 Å². The molecule has 0 fully saturated rings. The zero-order valence-corrected chi connectivity index (χ0v) is 22.4. The van der Waals surface area contributed by atoms with Crippen molar-refractivity contribution in [3.63, 3.8) is 0 Å². The zero-order chi connectivity index (χ0) is 20.3. The van der Waals surface area contributed by atoms with Gasteiger partial charge in [-0.05, 0) is 80.2 Å². The number of carbonyl (C=O) groups is 2. The summed E-state index contributed by atoms with van der Waals surface area (Å²) >= 11 is 4.31. The van der Waals surface area contributed by atoms with Crippen LogP contribution in [0.5, 0.6) is 0 Å². The summed E-state index contributed by atoms with van der Waals surface area (Å²) in [5.74, 6) is -1.75. The molecular formula is C22H14I2O4Zn. The molecule has 0 aromatic heterocycles. The number of fused-ring (bicyclic) bond motifs is 2. The van der Waals surface area contributed by atoms with E-state index in [2.05, 4.69) is 45.2 Å². The molecule has 0 aliphatic heterocycles. The molecule has 0 spiro atoms. The fourth-order valence-electron chi connectivity index (χ4n) is 2.95. The SMILES string of the molecule is O=C(O)c1cccc2cccc(I)c12.O=C(O)c1cccc2cccc(I)c12.[Zn]. The van der Waals surface area contributed by atoms with Crippen molar-refractivity contribution in [2.24, 2.45) is 0 Å². The topological polar surface area (TPSA) is 74.6 Å². The second-order valence-electron chi connectivity index (χ2n) is 5.90. The number of hydrogen-bond donors (Lipinski definition) is 2. The van der Waals surface area contributed by atoms with Crippen LogP contribution in [0.2, 0.25) is 0 Å². The first-order chi connectivity index (χ1) is 13.4. The van der Waals surface area contributed by atoms with Gasteiger partial charge >= 0.3 is 11.9 Å². The van der Waals surface area contributed by atoms with Crippen molar-refractivity contribution in [3.05, 3.63) is 91.1 Å². The predicted octanol–water partition coefficient (Wildman–Crippen LogP) is 6.28. The third kappa shape index (κ3) is 5.32. The molecule has 142 valence electrons. The number of carboxylic acid groups (broad SMARTS) is 2. The first-order valence-corrected chi connectivity index (χ1v) is 10.4. The third-order valence-electron chi connectivity index (χ3n) is 4.17. The Morgan fingerprint density at radius 2 is 0.897 bits per heavy atom. The fraction of sp³-hybridized carbons (Fsp3) is 0. The number of halogens is 2. The number of hydrogen-bond acceptors (Lipinski definition) is 2. The Labute approximate surface area is 207 Å². The van der Waals surface area contributed by atoms with Gasteiger partial charge in [0.2, 0.25) is 0 Å². The molecular weight excluding hydrogens is 647 g/mol. The van der Waals surface area contributed by atoms with E-state index in [1.807, 2.05) is 48.5 Å². The van der Waals surface area contributed by atoms with E-state index in [4.69, 9.17) is 10.2 Å². The smallest absolute Gasteiger partial charge is 0.336 e. The summed E-state index contributed by atoms with van der Waals surface area (Å²) in [6, 6.07) is 22.2. The van der Waals surface area contributed by atoms with Crippen LogP contribution in [0, 0.1) is 7.14 Å². The van der Waals surface area contributed by atoms with Gasteiger partial charge in [-0.3, -0.25) is 0 Å². The average Bonchev–Trinajstić information content (AvgIpc) is 2.68. The standard InChI is InChI=1S/2C11H7IO2.Zn/c2*12-9-6-2-4-7-3-1-5-8(10(7)9)11(13)14;/h2*1-6H,(H,13,14);. The molecule has 0 bridgehead atoms. The Hall–Kier alpha value is -1.58. The molecule has 29 heavy (non-hydrogen) atoms. The summed E-state index contributed by atoms with van der Waals surface area (Å²) in [5.41, 5.74) is 0.736. The normalized spacial score (nSPS) is 10.0. The van der Waals surface area contributed by atoms with E-state index in [0.29, 0.717) is 11.1 Å². The van der Waals surface area contributed by atoms with Gasteiger partial charge in [-0.1, -0.05) is 48.5 Å². The van der Waals surface area contributed by atoms with Crippen LogP contribution in [0.4, 0.5) is 0 Å². The van der Waals surface area contributed by atoms with Crippen LogP contribution in [0.15, 0.2) is 72.8 Å². The molecule has 0 saturated carbocycles. The van der Waals surface area contributed by atoms with Crippen molar-refractivity contribution in [3.8, 4) is 0 Å². The van der Waals surface area contributed by atoms with Gasteiger partial charge in [0, 0.05) is 37.4 Å². The molecule has 2 N–H and O–H groups in total. The van der Waals surface area contributed by atoms with Crippen LogP contribution in [-0.2, 0) is 19.5 Å². The molecule has 0 aliphatic carbocycles. The van der Waals surface area contributed by atoms with Crippen molar-refractivity contribution in [2.45, 2.75) is 0 Å². The third-order valence-corrected chi connectivity index (χ3v) is 5.97. The largest absolute Gasteiger partial charge is 0.478 e. The van der Waals surface area contributed by atoms with Crippen molar-refractivity contribution < 1.29 is 39.3 Å². The zero-order valence-electron chi connectivity index (χ0n) is 15.1. The molecule has 0 heterocycles. The van der Waals surface area contributed by atoms with E-state index in [9.17, 15) is 9.59 Å². The Morgan fingerprint density at radius 1 is 0.586 bits per heavy atom. The molecule has 0 radical (unpaired) electrons.